The van der Waals surface area contributed by atoms with Crippen LogP contribution in [0, 0.1) is 5.82 Å². The smallest absolute Gasteiger partial charge is 0.200 e. The number of morpholine rings is 2. The molecule has 3 fully saturated rings. The summed E-state index contributed by atoms with van der Waals surface area (Å²) in [4.78, 5) is 31.1. The van der Waals surface area contributed by atoms with Gasteiger partial charge in [0.15, 0.2) is 17.1 Å². The van der Waals surface area contributed by atoms with Crippen molar-refractivity contribution in [2.75, 3.05) is 55.7 Å². The number of ketones is 1. The molecule has 9 heteroatoms. The van der Waals surface area contributed by atoms with E-state index in [1.807, 2.05) is 24.0 Å². The first-order chi connectivity index (χ1) is 18.5. The second-order valence-corrected chi connectivity index (χ2v) is 10.3. The molecule has 1 aromatic heterocycles. The Morgan fingerprint density at radius 2 is 2.00 bits per heavy atom. The Morgan fingerprint density at radius 3 is 2.79 bits per heavy atom. The van der Waals surface area contributed by atoms with E-state index in [9.17, 15) is 14.0 Å². The van der Waals surface area contributed by atoms with Crippen LogP contribution in [0.5, 0.6) is 0 Å². The van der Waals surface area contributed by atoms with Gasteiger partial charge < -0.3 is 29.0 Å². The first kappa shape index (κ1) is 25.0. The van der Waals surface area contributed by atoms with E-state index in [1.54, 1.807) is 12.1 Å². The molecule has 3 aliphatic rings. The maximum Gasteiger partial charge on any atom is 0.200 e. The van der Waals surface area contributed by atoms with Gasteiger partial charge in [-0.15, -0.1) is 0 Å². The van der Waals surface area contributed by atoms with Crippen molar-refractivity contribution in [3.05, 3.63) is 69.6 Å². The number of nitrogens with one attached hydrogen (secondary N) is 1. The van der Waals surface area contributed by atoms with Crippen LogP contribution < -0.4 is 20.5 Å². The van der Waals surface area contributed by atoms with Gasteiger partial charge in [-0.1, -0.05) is 6.07 Å². The van der Waals surface area contributed by atoms with E-state index in [4.69, 9.17) is 13.9 Å². The molecular weight excluding hydrogens is 489 g/mol. The van der Waals surface area contributed by atoms with Crippen molar-refractivity contribution in [1.29, 1.82) is 0 Å². The lowest BCUT2D eigenvalue weighted by Crippen LogP contribution is -2.43. The standard InChI is InChI=1S/C29H32FN3O5/c1-18-17-32(9-11-36-18)27-15-25(34)23-13-19(28(35)26-16-31-7-10-37-26)12-22(29(23)38-27)24-6-3-8-33(24)21-5-2-4-20(30)14-21/h2,4-5,12-15,18,24,26,31H,3,6-11,16-17H2,1H3/t18-,24?,26?/m1/s1. The average Bonchev–Trinajstić information content (AvgIpc) is 3.43. The predicted octanol–water partition coefficient (Wildman–Crippen LogP) is 3.67. The molecule has 0 spiro atoms. The molecule has 0 radical (unpaired) electrons. The maximum absolute atomic E-state index is 14.2. The lowest BCUT2D eigenvalue weighted by Gasteiger charge is -2.32. The summed E-state index contributed by atoms with van der Waals surface area (Å²) >= 11 is 0. The van der Waals surface area contributed by atoms with E-state index >= 15 is 0 Å². The fourth-order valence-electron chi connectivity index (χ4n) is 5.81. The normalized spacial score (nSPS) is 24.2. The molecule has 3 aliphatic heterocycles. The van der Waals surface area contributed by atoms with E-state index in [0.717, 1.165) is 30.6 Å². The molecule has 6 rings (SSSR count). The monoisotopic (exact) mass is 521 g/mol. The topological polar surface area (TPSA) is 84.3 Å². The lowest BCUT2D eigenvalue weighted by atomic mass is 9.94. The number of benzene rings is 2. The SMILES string of the molecule is C[C@@H]1CN(c2cc(=O)c3cc(C(=O)C4CNCCO4)cc(C4CCCN4c4cccc(F)c4)c3o2)CCO1. The summed E-state index contributed by atoms with van der Waals surface area (Å²) in [6.45, 7) is 6.09. The number of Topliss-reactive ketones (excluding diaryl/α,β-unsaturated/α-hetero) is 1. The van der Waals surface area contributed by atoms with Gasteiger partial charge in [-0.05, 0) is 50.1 Å². The number of ether oxygens (including phenoxy) is 2. The third kappa shape index (κ3) is 4.81. The van der Waals surface area contributed by atoms with Gasteiger partial charge in [-0.25, -0.2) is 4.39 Å². The number of carbonyl (C=O) groups is 1. The Labute approximate surface area is 220 Å². The molecule has 3 aromatic rings. The zero-order valence-electron chi connectivity index (χ0n) is 21.5. The van der Waals surface area contributed by atoms with E-state index in [2.05, 4.69) is 10.2 Å². The van der Waals surface area contributed by atoms with Crippen LogP contribution in [0.3, 0.4) is 0 Å². The Hall–Kier alpha value is -3.27. The minimum Gasteiger partial charge on any atom is -0.440 e. The summed E-state index contributed by atoms with van der Waals surface area (Å²) in [6.07, 6.45) is 1.08. The molecule has 0 amide bonds. The molecule has 4 heterocycles. The maximum atomic E-state index is 14.2. The quantitative estimate of drug-likeness (QED) is 0.510. The average molecular weight is 522 g/mol. The van der Waals surface area contributed by atoms with Crippen LogP contribution in [-0.4, -0.2) is 63.9 Å². The number of nitrogens with zero attached hydrogens (tertiary/aromatic N) is 2. The number of fused-ring (bicyclic) bond motifs is 1. The molecule has 0 aliphatic carbocycles. The van der Waals surface area contributed by atoms with Gasteiger partial charge in [0.2, 0.25) is 0 Å². The van der Waals surface area contributed by atoms with Crippen molar-refractivity contribution in [2.45, 2.75) is 38.0 Å². The largest absolute Gasteiger partial charge is 0.440 e. The van der Waals surface area contributed by atoms with Crippen LogP contribution in [0.25, 0.3) is 11.0 Å². The van der Waals surface area contributed by atoms with E-state index in [0.29, 0.717) is 61.8 Å². The van der Waals surface area contributed by atoms with Crippen molar-refractivity contribution in [3.8, 4) is 0 Å². The van der Waals surface area contributed by atoms with E-state index in [1.165, 1.54) is 18.2 Å². The molecule has 2 unspecified atom stereocenters. The van der Waals surface area contributed by atoms with Crippen LogP contribution in [0.4, 0.5) is 16.0 Å². The fourth-order valence-corrected chi connectivity index (χ4v) is 5.81. The highest BCUT2D eigenvalue weighted by molar-refractivity contribution is 6.03. The van der Waals surface area contributed by atoms with Crippen LogP contribution >= 0.6 is 0 Å². The van der Waals surface area contributed by atoms with Crippen LogP contribution in [0.15, 0.2) is 51.7 Å². The van der Waals surface area contributed by atoms with Gasteiger partial charge in [0.25, 0.3) is 0 Å². The van der Waals surface area contributed by atoms with Crippen LogP contribution in [0.1, 0.15) is 41.7 Å². The second-order valence-electron chi connectivity index (χ2n) is 10.3. The van der Waals surface area contributed by atoms with Crippen molar-refractivity contribution in [2.24, 2.45) is 0 Å². The number of carbonyl (C=O) groups excluding carboxylic acids is 1. The summed E-state index contributed by atoms with van der Waals surface area (Å²) in [5.74, 6) is 0.0216. The minimum atomic E-state index is -0.613. The number of halogens is 1. The molecule has 3 saturated heterocycles. The van der Waals surface area contributed by atoms with Crippen molar-refractivity contribution in [3.63, 3.8) is 0 Å². The van der Waals surface area contributed by atoms with Gasteiger partial charge >= 0.3 is 0 Å². The number of anilines is 2. The minimum absolute atomic E-state index is 0.0200. The van der Waals surface area contributed by atoms with Crippen molar-refractivity contribution >= 4 is 28.3 Å². The van der Waals surface area contributed by atoms with Gasteiger partial charge in [0.05, 0.1) is 30.7 Å². The third-order valence-electron chi connectivity index (χ3n) is 7.65. The van der Waals surface area contributed by atoms with Crippen LogP contribution in [-0.2, 0) is 9.47 Å². The van der Waals surface area contributed by atoms with Gasteiger partial charge in [-0.2, -0.15) is 0 Å². The van der Waals surface area contributed by atoms with E-state index in [-0.39, 0.29) is 29.2 Å². The third-order valence-corrected chi connectivity index (χ3v) is 7.65. The highest BCUT2D eigenvalue weighted by Gasteiger charge is 2.32. The van der Waals surface area contributed by atoms with Gasteiger partial charge in [0.1, 0.15) is 17.5 Å². The molecule has 3 atom stereocenters. The summed E-state index contributed by atoms with van der Waals surface area (Å²) < 4.78 is 32.0. The zero-order chi connectivity index (χ0) is 26.2. The van der Waals surface area contributed by atoms with Crippen LogP contribution in [0.2, 0.25) is 0 Å². The summed E-state index contributed by atoms with van der Waals surface area (Å²) in [5.41, 5.74) is 2.22. The van der Waals surface area contributed by atoms with Crippen molar-refractivity contribution < 1.29 is 23.1 Å². The molecule has 8 nitrogen and oxygen atoms in total. The van der Waals surface area contributed by atoms with Crippen molar-refractivity contribution in [1.82, 2.24) is 5.32 Å². The Morgan fingerprint density at radius 1 is 1.11 bits per heavy atom. The van der Waals surface area contributed by atoms with E-state index < -0.39 is 6.10 Å². The molecule has 0 saturated carbocycles. The second kappa shape index (κ2) is 10.5. The first-order valence-corrected chi connectivity index (χ1v) is 13.3. The number of rotatable bonds is 5. The lowest BCUT2D eigenvalue weighted by molar-refractivity contribution is 0.0269. The Balaban J connectivity index is 1.49. The summed E-state index contributed by atoms with van der Waals surface area (Å²) in [6, 6.07) is 11.3. The molecule has 1 N–H and O–H groups in total. The highest BCUT2D eigenvalue weighted by Crippen LogP contribution is 2.40. The molecular formula is C29H32FN3O5. The molecule has 38 heavy (non-hydrogen) atoms. The zero-order valence-corrected chi connectivity index (χ0v) is 21.5. The first-order valence-electron chi connectivity index (χ1n) is 13.3. The highest BCUT2D eigenvalue weighted by atomic mass is 19.1. The number of hydrogen-bond donors (Lipinski definition) is 1. The molecule has 200 valence electrons. The predicted molar refractivity (Wildman–Crippen MR) is 143 cm³/mol. The summed E-state index contributed by atoms with van der Waals surface area (Å²) in [5, 5.41) is 3.57. The van der Waals surface area contributed by atoms with Gasteiger partial charge in [0, 0.05) is 55.6 Å². The molecule has 0 bridgehead atoms. The Bertz CT molecular complexity index is 1400. The number of hydrogen-bond acceptors (Lipinski definition) is 8. The summed E-state index contributed by atoms with van der Waals surface area (Å²) in [7, 11) is 0. The Kier molecular flexibility index (Phi) is 6.90. The van der Waals surface area contributed by atoms with Gasteiger partial charge in [-0.3, -0.25) is 9.59 Å². The molecule has 2 aromatic carbocycles. The fraction of sp³-hybridized carbons (Fsp3) is 0.448.